The van der Waals surface area contributed by atoms with Crippen LogP contribution in [0.4, 0.5) is 5.82 Å². The number of hydrogen-bond donors (Lipinski definition) is 2. The molecule has 3 N–H and O–H groups in total. The van der Waals surface area contributed by atoms with Crippen LogP contribution in [-0.2, 0) is 17.1 Å². The summed E-state index contributed by atoms with van der Waals surface area (Å²) in [6, 6.07) is 0. The first-order chi connectivity index (χ1) is 8.42. The summed E-state index contributed by atoms with van der Waals surface area (Å²) in [5.74, 6) is 0.342. The van der Waals surface area contributed by atoms with E-state index in [9.17, 15) is 8.42 Å². The Morgan fingerprint density at radius 3 is 2.72 bits per heavy atom. The molecular weight excluding hydrogens is 272 g/mol. The van der Waals surface area contributed by atoms with Crippen LogP contribution in [0, 0.1) is 0 Å². The average Bonchev–Trinajstić information content (AvgIpc) is 2.89. The van der Waals surface area contributed by atoms with Crippen molar-refractivity contribution in [2.45, 2.75) is 30.9 Å². The minimum absolute atomic E-state index is 0.132. The topological polar surface area (TPSA) is 90.0 Å². The SMILES string of the molecule is Cn1ncc(C(N)=S)c1NS(=O)(=O)C1CCCC1. The molecule has 1 aromatic rings. The maximum Gasteiger partial charge on any atom is 0.236 e. The zero-order valence-corrected chi connectivity index (χ0v) is 11.7. The summed E-state index contributed by atoms with van der Waals surface area (Å²) in [6.45, 7) is 0. The van der Waals surface area contributed by atoms with Crippen LogP contribution in [0.15, 0.2) is 6.20 Å². The van der Waals surface area contributed by atoms with Gasteiger partial charge in [0.2, 0.25) is 10.0 Å². The van der Waals surface area contributed by atoms with Gasteiger partial charge < -0.3 is 5.73 Å². The minimum atomic E-state index is -3.39. The van der Waals surface area contributed by atoms with E-state index in [4.69, 9.17) is 18.0 Å². The van der Waals surface area contributed by atoms with E-state index in [1.54, 1.807) is 7.05 Å². The van der Waals surface area contributed by atoms with E-state index in [0.29, 0.717) is 24.2 Å². The molecule has 0 amide bonds. The lowest BCUT2D eigenvalue weighted by Crippen LogP contribution is -2.27. The van der Waals surface area contributed by atoms with Crippen molar-refractivity contribution in [2.75, 3.05) is 4.72 Å². The van der Waals surface area contributed by atoms with Crippen LogP contribution >= 0.6 is 12.2 Å². The molecule has 0 aliphatic heterocycles. The van der Waals surface area contributed by atoms with E-state index in [-0.39, 0.29) is 10.2 Å². The fraction of sp³-hybridized carbons (Fsp3) is 0.600. The maximum absolute atomic E-state index is 12.2. The standard InChI is InChI=1S/C10H16N4O2S2/c1-14-10(8(6-12-14)9(11)17)13-18(15,16)7-4-2-3-5-7/h6-7,13H,2-5H2,1H3,(H2,11,17). The Kier molecular flexibility index (Phi) is 3.58. The zero-order chi connectivity index (χ0) is 13.3. The summed E-state index contributed by atoms with van der Waals surface area (Å²) in [6.07, 6.45) is 4.79. The van der Waals surface area contributed by atoms with Gasteiger partial charge in [-0.25, -0.2) is 8.42 Å². The molecule has 0 spiro atoms. The number of aryl methyl sites for hydroxylation is 1. The number of hydrogen-bond acceptors (Lipinski definition) is 4. The molecule has 1 aliphatic rings. The fourth-order valence-electron chi connectivity index (χ4n) is 2.16. The van der Waals surface area contributed by atoms with Gasteiger partial charge in [-0.3, -0.25) is 9.40 Å². The Labute approximate surface area is 112 Å². The van der Waals surface area contributed by atoms with Crippen molar-refractivity contribution in [2.24, 2.45) is 12.8 Å². The van der Waals surface area contributed by atoms with E-state index in [2.05, 4.69) is 9.82 Å². The van der Waals surface area contributed by atoms with Gasteiger partial charge in [0.05, 0.1) is 17.0 Å². The summed E-state index contributed by atoms with van der Waals surface area (Å²) in [7, 11) is -1.74. The van der Waals surface area contributed by atoms with Crippen molar-refractivity contribution < 1.29 is 8.42 Å². The molecule has 1 fully saturated rings. The molecule has 0 saturated heterocycles. The first-order valence-corrected chi connectivity index (χ1v) is 7.70. The number of rotatable bonds is 4. The largest absolute Gasteiger partial charge is 0.389 e. The van der Waals surface area contributed by atoms with Crippen LogP contribution in [0.3, 0.4) is 0 Å². The molecule has 100 valence electrons. The predicted molar refractivity (Wildman–Crippen MR) is 73.9 cm³/mol. The molecule has 2 rings (SSSR count). The lowest BCUT2D eigenvalue weighted by atomic mass is 10.3. The van der Waals surface area contributed by atoms with Crippen molar-refractivity contribution in [1.82, 2.24) is 9.78 Å². The van der Waals surface area contributed by atoms with Crippen molar-refractivity contribution in [3.05, 3.63) is 11.8 Å². The predicted octanol–water partition coefficient (Wildman–Crippen LogP) is 0.739. The molecule has 0 atom stereocenters. The molecule has 1 aliphatic carbocycles. The van der Waals surface area contributed by atoms with E-state index in [0.717, 1.165) is 12.8 Å². The van der Waals surface area contributed by atoms with Crippen LogP contribution in [0.1, 0.15) is 31.2 Å². The molecule has 1 heterocycles. The highest BCUT2D eigenvalue weighted by molar-refractivity contribution is 7.93. The van der Waals surface area contributed by atoms with Crippen LogP contribution < -0.4 is 10.5 Å². The summed E-state index contributed by atoms with van der Waals surface area (Å²) >= 11 is 4.88. The molecule has 0 aromatic carbocycles. The lowest BCUT2D eigenvalue weighted by Gasteiger charge is -2.14. The molecule has 18 heavy (non-hydrogen) atoms. The van der Waals surface area contributed by atoms with Gasteiger partial charge in [-0.05, 0) is 12.8 Å². The number of nitrogens with one attached hydrogen (secondary N) is 1. The van der Waals surface area contributed by atoms with Crippen LogP contribution in [-0.4, -0.2) is 28.4 Å². The molecule has 0 radical (unpaired) electrons. The van der Waals surface area contributed by atoms with E-state index in [1.165, 1.54) is 10.9 Å². The Bertz CT molecular complexity index is 558. The number of sulfonamides is 1. The summed E-state index contributed by atoms with van der Waals surface area (Å²) in [5.41, 5.74) is 6.00. The van der Waals surface area contributed by atoms with Gasteiger partial charge >= 0.3 is 0 Å². The quantitative estimate of drug-likeness (QED) is 0.798. The Morgan fingerprint density at radius 2 is 2.17 bits per heavy atom. The highest BCUT2D eigenvalue weighted by Crippen LogP contribution is 2.27. The Morgan fingerprint density at radius 1 is 1.56 bits per heavy atom. The van der Waals surface area contributed by atoms with Gasteiger partial charge in [0.1, 0.15) is 10.8 Å². The molecule has 6 nitrogen and oxygen atoms in total. The zero-order valence-electron chi connectivity index (χ0n) is 10.1. The number of anilines is 1. The summed E-state index contributed by atoms with van der Waals surface area (Å²) in [5, 5.41) is 3.64. The number of nitrogens with two attached hydrogens (primary N) is 1. The third kappa shape index (κ3) is 2.49. The second kappa shape index (κ2) is 4.85. The second-order valence-corrected chi connectivity index (χ2v) is 6.85. The number of nitrogens with zero attached hydrogens (tertiary/aromatic N) is 2. The number of aromatic nitrogens is 2. The van der Waals surface area contributed by atoms with Crippen molar-refractivity contribution >= 4 is 33.0 Å². The van der Waals surface area contributed by atoms with Crippen LogP contribution in [0.5, 0.6) is 0 Å². The van der Waals surface area contributed by atoms with E-state index < -0.39 is 10.0 Å². The van der Waals surface area contributed by atoms with Gasteiger partial charge in [0.15, 0.2) is 0 Å². The third-order valence-corrected chi connectivity index (χ3v) is 5.23. The van der Waals surface area contributed by atoms with Gasteiger partial charge in [0.25, 0.3) is 0 Å². The first-order valence-electron chi connectivity index (χ1n) is 5.75. The lowest BCUT2D eigenvalue weighted by molar-refractivity contribution is 0.584. The average molecular weight is 288 g/mol. The van der Waals surface area contributed by atoms with Crippen LogP contribution in [0.25, 0.3) is 0 Å². The highest BCUT2D eigenvalue weighted by atomic mass is 32.2. The van der Waals surface area contributed by atoms with Crippen molar-refractivity contribution in [3.63, 3.8) is 0 Å². The fourth-order valence-corrected chi connectivity index (χ4v) is 3.94. The van der Waals surface area contributed by atoms with E-state index >= 15 is 0 Å². The van der Waals surface area contributed by atoms with Gasteiger partial charge in [-0.2, -0.15) is 5.10 Å². The highest BCUT2D eigenvalue weighted by Gasteiger charge is 2.30. The number of thiocarbonyl (C=S) groups is 1. The minimum Gasteiger partial charge on any atom is -0.389 e. The third-order valence-electron chi connectivity index (χ3n) is 3.18. The maximum atomic E-state index is 12.2. The second-order valence-electron chi connectivity index (χ2n) is 4.45. The summed E-state index contributed by atoms with van der Waals surface area (Å²) in [4.78, 5) is 0.132. The molecule has 1 aromatic heterocycles. The molecule has 8 heteroatoms. The smallest absolute Gasteiger partial charge is 0.236 e. The van der Waals surface area contributed by atoms with Gasteiger partial charge in [-0.1, -0.05) is 25.1 Å². The Balaban J connectivity index is 2.28. The Hall–Kier alpha value is -1.15. The molecule has 1 saturated carbocycles. The molecular formula is C10H16N4O2S2. The molecule has 0 unspecified atom stereocenters. The van der Waals surface area contributed by atoms with Crippen molar-refractivity contribution in [3.8, 4) is 0 Å². The monoisotopic (exact) mass is 288 g/mol. The first kappa shape index (κ1) is 13.3. The van der Waals surface area contributed by atoms with Gasteiger partial charge in [-0.15, -0.1) is 0 Å². The normalized spacial score (nSPS) is 16.9. The van der Waals surface area contributed by atoms with Gasteiger partial charge in [0, 0.05) is 7.05 Å². The molecule has 0 bridgehead atoms. The van der Waals surface area contributed by atoms with Crippen LogP contribution in [0.2, 0.25) is 0 Å². The van der Waals surface area contributed by atoms with Crippen molar-refractivity contribution in [1.29, 1.82) is 0 Å². The van der Waals surface area contributed by atoms with E-state index in [1.807, 2.05) is 0 Å². The summed E-state index contributed by atoms with van der Waals surface area (Å²) < 4.78 is 28.4.